The van der Waals surface area contributed by atoms with Gasteiger partial charge in [0.05, 0.1) is 12.6 Å². The molecule has 0 aliphatic carbocycles. The average Bonchev–Trinajstić information content (AvgIpc) is 3.30. The van der Waals surface area contributed by atoms with E-state index < -0.39 is 24.1 Å². The predicted molar refractivity (Wildman–Crippen MR) is 92.0 cm³/mol. The van der Waals surface area contributed by atoms with Crippen LogP contribution in [0.4, 0.5) is 4.79 Å². The number of likely N-dealkylation sites (tertiary alicyclic amines) is 1. The molecule has 1 aliphatic heterocycles. The third-order valence-corrected chi connectivity index (χ3v) is 4.32. The van der Waals surface area contributed by atoms with E-state index in [9.17, 15) is 9.59 Å². The number of hydrogen-bond donors (Lipinski definition) is 2. The van der Waals surface area contributed by atoms with Crippen LogP contribution in [0.25, 0.3) is 0 Å². The zero-order valence-corrected chi connectivity index (χ0v) is 14.2. The molecule has 9 nitrogen and oxygen atoms in total. The van der Waals surface area contributed by atoms with Crippen molar-refractivity contribution in [3.63, 3.8) is 0 Å². The van der Waals surface area contributed by atoms with Gasteiger partial charge in [-0.05, 0) is 24.8 Å². The Kier molecular flexibility index (Phi) is 5.47. The van der Waals surface area contributed by atoms with Crippen molar-refractivity contribution in [1.82, 2.24) is 20.4 Å². The molecule has 2 heterocycles. The van der Waals surface area contributed by atoms with Crippen molar-refractivity contribution >= 4 is 12.0 Å². The van der Waals surface area contributed by atoms with Crippen molar-refractivity contribution in [2.24, 2.45) is 5.73 Å². The van der Waals surface area contributed by atoms with Crippen LogP contribution in [0.5, 0.6) is 0 Å². The number of carbonyl (C=O) groups excluding carboxylic acids is 2. The van der Waals surface area contributed by atoms with Gasteiger partial charge in [-0.2, -0.15) is 4.98 Å². The molecular formula is C17H22N5O4+. The Balaban J connectivity index is 1.53. The highest BCUT2D eigenvalue weighted by Gasteiger charge is 2.38. The molecule has 5 N–H and O–H groups in total. The first-order valence-corrected chi connectivity index (χ1v) is 8.46. The number of nitrogens with zero attached hydrogens (tertiary/aromatic N) is 3. The van der Waals surface area contributed by atoms with Crippen LogP contribution in [0.3, 0.4) is 0 Å². The van der Waals surface area contributed by atoms with Crippen LogP contribution < -0.4 is 11.1 Å². The summed E-state index contributed by atoms with van der Waals surface area (Å²) in [5.41, 5.74) is 7.18. The van der Waals surface area contributed by atoms with Crippen LogP contribution in [-0.4, -0.2) is 44.7 Å². The first kappa shape index (κ1) is 17.9. The molecule has 0 saturated carbocycles. The number of nitrogens with two attached hydrogens (primary N) is 1. The standard InChI is InChI=1S/C17H21N5O4/c18-12(9-11-5-2-1-3-6-11)15-20-14(26-21-15)10-19-17(25)22-8-4-7-13(22)16(23)24/h1-3,5-6,12-13H,4,7-10,18H2,(H,19,25)(H,23,24)/p+1/t12-,13?/m0/s1. The fourth-order valence-corrected chi connectivity index (χ4v) is 2.98. The van der Waals surface area contributed by atoms with Gasteiger partial charge in [0.25, 0.3) is 0 Å². The Labute approximate surface area is 150 Å². The number of rotatable bonds is 6. The van der Waals surface area contributed by atoms with Crippen LogP contribution in [0.2, 0.25) is 0 Å². The maximum Gasteiger partial charge on any atom is 0.538 e. The number of amides is 2. The molecule has 1 aliphatic rings. The third-order valence-electron chi connectivity index (χ3n) is 4.32. The van der Waals surface area contributed by atoms with Gasteiger partial charge in [-0.15, -0.1) is 0 Å². The average molecular weight is 360 g/mol. The van der Waals surface area contributed by atoms with Gasteiger partial charge < -0.3 is 25.6 Å². The second kappa shape index (κ2) is 7.96. The molecule has 1 unspecified atom stereocenters. The van der Waals surface area contributed by atoms with Crippen LogP contribution in [0.15, 0.2) is 34.9 Å². The Morgan fingerprint density at radius 3 is 2.88 bits per heavy atom. The number of hydrogen-bond acceptors (Lipinski definition) is 6. The van der Waals surface area contributed by atoms with Crippen LogP contribution in [-0.2, 0) is 17.8 Å². The summed E-state index contributed by atoms with van der Waals surface area (Å²) in [6.07, 6.45) is 1.81. The number of urea groups is 1. The highest BCUT2D eigenvalue weighted by molar-refractivity contribution is 5.83. The molecule has 26 heavy (non-hydrogen) atoms. The highest BCUT2D eigenvalue weighted by atomic mass is 16.5. The first-order chi connectivity index (χ1) is 12.5. The number of nitrogens with one attached hydrogen (secondary N) is 1. The van der Waals surface area contributed by atoms with Gasteiger partial charge in [-0.3, -0.25) is 0 Å². The molecule has 1 aromatic heterocycles. The highest BCUT2D eigenvalue weighted by Crippen LogP contribution is 2.17. The molecule has 1 aromatic carbocycles. The number of carbonyl (C=O) groups is 2. The number of benzene rings is 1. The summed E-state index contributed by atoms with van der Waals surface area (Å²) >= 11 is 0. The maximum absolute atomic E-state index is 12.2. The lowest BCUT2D eigenvalue weighted by Crippen LogP contribution is -2.45. The minimum Gasteiger partial charge on any atom is -0.563 e. The van der Waals surface area contributed by atoms with Crippen molar-refractivity contribution in [1.29, 1.82) is 0 Å². The predicted octanol–water partition coefficient (Wildman–Crippen LogP) is 0.237. The van der Waals surface area contributed by atoms with E-state index in [1.165, 1.54) is 4.90 Å². The zero-order chi connectivity index (χ0) is 18.5. The Hall–Kier alpha value is -2.94. The summed E-state index contributed by atoms with van der Waals surface area (Å²) in [5.74, 6) is -0.132. The fourth-order valence-electron chi connectivity index (χ4n) is 2.98. The van der Waals surface area contributed by atoms with Crippen LogP contribution in [0, 0.1) is 0 Å². The molecule has 0 radical (unpaired) electrons. The third kappa shape index (κ3) is 4.17. The Morgan fingerprint density at radius 1 is 1.38 bits per heavy atom. The minimum atomic E-state index is -0.746. The quantitative estimate of drug-likeness (QED) is 0.708. The number of aromatic nitrogens is 2. The Bertz CT molecular complexity index is 764. The maximum atomic E-state index is 12.2. The second-order valence-electron chi connectivity index (χ2n) is 6.22. The summed E-state index contributed by atoms with van der Waals surface area (Å²) in [6.45, 7) is 0.497. The summed E-state index contributed by atoms with van der Waals surface area (Å²) in [4.78, 5) is 29.0. The SMILES string of the molecule is N[C@@H](Cc1ccccc1)c1noc(CNC(=O)N2CCCC2C(=O)[OH2+])n1. The summed E-state index contributed by atoms with van der Waals surface area (Å²) in [7, 11) is 0. The largest absolute Gasteiger partial charge is 0.563 e. The molecule has 2 amide bonds. The molecule has 0 bridgehead atoms. The van der Waals surface area contributed by atoms with Crippen LogP contribution in [0.1, 0.15) is 36.2 Å². The van der Waals surface area contributed by atoms with E-state index in [-0.39, 0.29) is 12.4 Å². The van der Waals surface area contributed by atoms with Crippen molar-refractivity contribution in [3.8, 4) is 0 Å². The molecule has 1 fully saturated rings. The second-order valence-corrected chi connectivity index (χ2v) is 6.22. The van der Waals surface area contributed by atoms with Gasteiger partial charge >= 0.3 is 12.0 Å². The van der Waals surface area contributed by atoms with Gasteiger partial charge in [0.2, 0.25) is 5.89 Å². The molecule has 2 atom stereocenters. The summed E-state index contributed by atoms with van der Waals surface area (Å²) in [6, 6.07) is 8.26. The first-order valence-electron chi connectivity index (χ1n) is 8.46. The lowest BCUT2D eigenvalue weighted by atomic mass is 10.1. The molecule has 2 aromatic rings. The minimum absolute atomic E-state index is 0.0410. The molecule has 9 heteroatoms. The van der Waals surface area contributed by atoms with E-state index in [4.69, 9.17) is 15.4 Å². The van der Waals surface area contributed by atoms with Crippen LogP contribution >= 0.6 is 0 Å². The molecule has 1 saturated heterocycles. The molecule has 0 spiro atoms. The van der Waals surface area contributed by atoms with Gasteiger partial charge in [0.15, 0.2) is 11.9 Å². The van der Waals surface area contributed by atoms with Gasteiger partial charge in [-0.25, -0.2) is 4.79 Å². The topological polar surface area (TPSA) is 137 Å². The lowest BCUT2D eigenvalue weighted by molar-refractivity contribution is -0.141. The van der Waals surface area contributed by atoms with E-state index in [1.54, 1.807) is 0 Å². The van der Waals surface area contributed by atoms with Gasteiger partial charge in [0, 0.05) is 11.3 Å². The van der Waals surface area contributed by atoms with Gasteiger partial charge in [-0.1, -0.05) is 35.5 Å². The monoisotopic (exact) mass is 360 g/mol. The van der Waals surface area contributed by atoms with Gasteiger partial charge in [0.1, 0.15) is 0 Å². The molecule has 3 rings (SSSR count). The van der Waals surface area contributed by atoms with Crippen molar-refractivity contribution in [2.75, 3.05) is 6.54 Å². The van der Waals surface area contributed by atoms with Crippen molar-refractivity contribution < 1.29 is 19.2 Å². The van der Waals surface area contributed by atoms with E-state index in [1.807, 2.05) is 30.3 Å². The van der Waals surface area contributed by atoms with E-state index in [0.717, 1.165) is 5.56 Å². The molecular weight excluding hydrogens is 338 g/mol. The smallest absolute Gasteiger partial charge is 0.538 e. The fraction of sp³-hybridized carbons (Fsp3) is 0.412. The van der Waals surface area contributed by atoms with Crippen molar-refractivity contribution in [2.45, 2.75) is 37.9 Å². The summed E-state index contributed by atoms with van der Waals surface area (Å²) in [5, 5.41) is 13.7. The van der Waals surface area contributed by atoms with E-state index >= 15 is 0 Å². The lowest BCUT2D eigenvalue weighted by Gasteiger charge is -2.18. The van der Waals surface area contributed by atoms with Crippen molar-refractivity contribution in [3.05, 3.63) is 47.6 Å². The normalized spacial score (nSPS) is 17.9. The molecule has 138 valence electrons. The Morgan fingerprint density at radius 2 is 2.15 bits per heavy atom. The van der Waals surface area contributed by atoms with E-state index in [0.29, 0.717) is 31.6 Å². The zero-order valence-electron chi connectivity index (χ0n) is 14.2. The van der Waals surface area contributed by atoms with E-state index in [2.05, 4.69) is 15.5 Å². The summed E-state index contributed by atoms with van der Waals surface area (Å²) < 4.78 is 5.13.